The van der Waals surface area contributed by atoms with Crippen LogP contribution in [0.25, 0.3) is 0 Å². The molecule has 1 fully saturated rings. The van der Waals surface area contributed by atoms with Crippen LogP contribution in [0.3, 0.4) is 0 Å². The van der Waals surface area contributed by atoms with E-state index in [1.54, 1.807) is 6.07 Å². The minimum Gasteiger partial charge on any atom is -0.407 e. The Morgan fingerprint density at radius 2 is 2.12 bits per heavy atom. The van der Waals surface area contributed by atoms with Gasteiger partial charge in [0.05, 0.1) is 0 Å². The fourth-order valence-electron chi connectivity index (χ4n) is 1.82. The third-order valence-corrected chi connectivity index (χ3v) is 3.34. The van der Waals surface area contributed by atoms with Crippen molar-refractivity contribution < 1.29 is 14.1 Å². The van der Waals surface area contributed by atoms with Gasteiger partial charge in [-0.3, -0.25) is 4.79 Å². The van der Waals surface area contributed by atoms with E-state index in [1.165, 1.54) is 0 Å². The molecular weight excluding hydrogens is 215 g/mol. The predicted octanol–water partition coefficient (Wildman–Crippen LogP) is 1.66. The lowest BCUT2D eigenvalue weighted by Crippen LogP contribution is -2.48. The minimum absolute atomic E-state index is 0.110. The Labute approximate surface area is 102 Å². The lowest BCUT2D eigenvalue weighted by Gasteiger charge is -2.35. The molecule has 90 valence electrons. The van der Waals surface area contributed by atoms with Crippen molar-refractivity contribution in [2.75, 3.05) is 13.2 Å². The van der Waals surface area contributed by atoms with Crippen LogP contribution >= 0.6 is 0 Å². The van der Waals surface area contributed by atoms with Gasteiger partial charge >= 0.3 is 7.12 Å². The maximum Gasteiger partial charge on any atom is 0.493 e. The SMILES string of the molecule is CCC1(C)COB(c2cccc(C=O)c2)OC1. The van der Waals surface area contributed by atoms with Crippen LogP contribution in [0.15, 0.2) is 24.3 Å². The van der Waals surface area contributed by atoms with Crippen LogP contribution in [0.2, 0.25) is 0 Å². The fourth-order valence-corrected chi connectivity index (χ4v) is 1.82. The van der Waals surface area contributed by atoms with E-state index in [-0.39, 0.29) is 12.5 Å². The molecule has 1 saturated heterocycles. The summed E-state index contributed by atoms with van der Waals surface area (Å²) in [5.74, 6) is 0. The number of rotatable bonds is 3. The van der Waals surface area contributed by atoms with Gasteiger partial charge in [0, 0.05) is 24.2 Å². The van der Waals surface area contributed by atoms with Crippen LogP contribution in [0.4, 0.5) is 0 Å². The fraction of sp³-hybridized carbons (Fsp3) is 0.462. The standard InChI is InChI=1S/C13H17BO3/c1-3-13(2)9-16-14(17-10-13)12-6-4-5-11(7-12)8-15/h4-8H,3,9-10H2,1-2H3. The quantitative estimate of drug-likeness (QED) is 0.587. The van der Waals surface area contributed by atoms with E-state index < -0.39 is 0 Å². The number of carbonyl (C=O) groups is 1. The van der Waals surface area contributed by atoms with Gasteiger partial charge in [-0.05, 0) is 11.9 Å². The van der Waals surface area contributed by atoms with Crippen molar-refractivity contribution >= 4 is 18.9 Å². The van der Waals surface area contributed by atoms with Crippen molar-refractivity contribution in [3.05, 3.63) is 29.8 Å². The summed E-state index contributed by atoms with van der Waals surface area (Å²) in [5, 5.41) is 0. The van der Waals surface area contributed by atoms with Gasteiger partial charge in [-0.25, -0.2) is 0 Å². The highest BCUT2D eigenvalue weighted by molar-refractivity contribution is 6.61. The summed E-state index contributed by atoms with van der Waals surface area (Å²) < 4.78 is 11.5. The van der Waals surface area contributed by atoms with Gasteiger partial charge in [-0.2, -0.15) is 0 Å². The Morgan fingerprint density at radius 1 is 1.41 bits per heavy atom. The van der Waals surface area contributed by atoms with Gasteiger partial charge in [-0.15, -0.1) is 0 Å². The lowest BCUT2D eigenvalue weighted by molar-refractivity contribution is 0.0196. The summed E-state index contributed by atoms with van der Waals surface area (Å²) in [5.41, 5.74) is 1.67. The zero-order valence-electron chi connectivity index (χ0n) is 10.3. The second-order valence-electron chi connectivity index (χ2n) is 4.91. The van der Waals surface area contributed by atoms with E-state index in [0.29, 0.717) is 18.8 Å². The highest BCUT2D eigenvalue weighted by atomic mass is 16.6. The molecule has 0 saturated carbocycles. The van der Waals surface area contributed by atoms with Gasteiger partial charge in [-0.1, -0.05) is 38.1 Å². The van der Waals surface area contributed by atoms with Crippen molar-refractivity contribution in [2.45, 2.75) is 20.3 Å². The first-order valence-corrected chi connectivity index (χ1v) is 5.95. The molecule has 1 aliphatic rings. The molecule has 0 bridgehead atoms. The molecule has 0 atom stereocenters. The Balaban J connectivity index is 2.07. The largest absolute Gasteiger partial charge is 0.493 e. The minimum atomic E-state index is -0.338. The number of hydrogen-bond donors (Lipinski definition) is 0. The van der Waals surface area contributed by atoms with E-state index in [0.717, 1.165) is 18.2 Å². The van der Waals surface area contributed by atoms with Gasteiger partial charge in [0.1, 0.15) is 6.29 Å². The second-order valence-corrected chi connectivity index (χ2v) is 4.91. The van der Waals surface area contributed by atoms with Crippen LogP contribution in [0.5, 0.6) is 0 Å². The van der Waals surface area contributed by atoms with E-state index in [4.69, 9.17) is 9.31 Å². The topological polar surface area (TPSA) is 35.5 Å². The molecule has 0 N–H and O–H groups in total. The zero-order valence-corrected chi connectivity index (χ0v) is 10.3. The van der Waals surface area contributed by atoms with Gasteiger partial charge < -0.3 is 9.31 Å². The summed E-state index contributed by atoms with van der Waals surface area (Å²) in [6, 6.07) is 7.35. The maximum atomic E-state index is 10.7. The number of benzene rings is 1. The van der Waals surface area contributed by atoms with E-state index in [1.807, 2.05) is 18.2 Å². The summed E-state index contributed by atoms with van der Waals surface area (Å²) in [7, 11) is -0.338. The number of aldehydes is 1. The van der Waals surface area contributed by atoms with Gasteiger partial charge in [0.15, 0.2) is 0 Å². The van der Waals surface area contributed by atoms with Gasteiger partial charge in [0.2, 0.25) is 0 Å². The van der Waals surface area contributed by atoms with Crippen LogP contribution in [-0.4, -0.2) is 26.6 Å². The molecule has 0 unspecified atom stereocenters. The predicted molar refractivity (Wildman–Crippen MR) is 67.5 cm³/mol. The molecule has 0 aliphatic carbocycles. The van der Waals surface area contributed by atoms with Crippen molar-refractivity contribution in [2.24, 2.45) is 5.41 Å². The molecule has 0 amide bonds. The molecule has 0 radical (unpaired) electrons. The normalized spacial score (nSPS) is 19.1. The third kappa shape index (κ3) is 2.76. The molecule has 0 aromatic heterocycles. The summed E-state index contributed by atoms with van der Waals surface area (Å²) in [6.45, 7) is 5.68. The number of carbonyl (C=O) groups excluding carboxylic acids is 1. The smallest absolute Gasteiger partial charge is 0.407 e. The lowest BCUT2D eigenvalue weighted by atomic mass is 9.74. The van der Waals surface area contributed by atoms with Crippen molar-refractivity contribution in [3.8, 4) is 0 Å². The first-order chi connectivity index (χ1) is 8.17. The molecule has 1 aromatic rings. The first-order valence-electron chi connectivity index (χ1n) is 5.95. The number of hydrogen-bond acceptors (Lipinski definition) is 3. The molecule has 1 aliphatic heterocycles. The summed E-state index contributed by atoms with van der Waals surface area (Å²) in [4.78, 5) is 10.7. The third-order valence-electron chi connectivity index (χ3n) is 3.34. The molecule has 1 aromatic carbocycles. The first kappa shape index (κ1) is 12.3. The molecule has 17 heavy (non-hydrogen) atoms. The van der Waals surface area contributed by atoms with Crippen LogP contribution < -0.4 is 5.46 Å². The van der Waals surface area contributed by atoms with E-state index >= 15 is 0 Å². The molecule has 4 heteroatoms. The van der Waals surface area contributed by atoms with Crippen molar-refractivity contribution in [1.29, 1.82) is 0 Å². The van der Waals surface area contributed by atoms with Crippen LogP contribution in [0, 0.1) is 5.41 Å². The summed E-state index contributed by atoms with van der Waals surface area (Å²) >= 11 is 0. The Hall–Kier alpha value is -1.13. The molecule has 2 rings (SSSR count). The monoisotopic (exact) mass is 232 g/mol. The highest BCUT2D eigenvalue weighted by Crippen LogP contribution is 2.26. The molecule has 3 nitrogen and oxygen atoms in total. The summed E-state index contributed by atoms with van der Waals surface area (Å²) in [6.07, 6.45) is 1.87. The van der Waals surface area contributed by atoms with Gasteiger partial charge in [0.25, 0.3) is 0 Å². The maximum absolute atomic E-state index is 10.7. The molecule has 0 spiro atoms. The average molecular weight is 232 g/mol. The van der Waals surface area contributed by atoms with Crippen LogP contribution in [-0.2, 0) is 9.31 Å². The van der Waals surface area contributed by atoms with Crippen molar-refractivity contribution in [1.82, 2.24) is 0 Å². The Morgan fingerprint density at radius 3 is 2.71 bits per heavy atom. The Bertz CT molecular complexity index is 397. The van der Waals surface area contributed by atoms with Crippen LogP contribution in [0.1, 0.15) is 30.6 Å². The molecular formula is C13H17BO3. The molecule has 1 heterocycles. The van der Waals surface area contributed by atoms with E-state index in [2.05, 4.69) is 13.8 Å². The average Bonchev–Trinajstić information content (AvgIpc) is 2.40. The zero-order chi connectivity index (χ0) is 12.3. The van der Waals surface area contributed by atoms with Crippen molar-refractivity contribution in [3.63, 3.8) is 0 Å². The Kier molecular flexibility index (Phi) is 3.65. The van der Waals surface area contributed by atoms with E-state index in [9.17, 15) is 4.79 Å². The second kappa shape index (κ2) is 5.02. The highest BCUT2D eigenvalue weighted by Gasteiger charge is 2.35.